The topological polar surface area (TPSA) is 96.1 Å². The Labute approximate surface area is 277 Å². The number of rotatable bonds is 7. The number of hydrogen-bond acceptors (Lipinski definition) is 5. The van der Waals surface area contributed by atoms with Gasteiger partial charge in [-0.3, -0.25) is 0 Å². The molecule has 4 aliphatic rings. The molecular weight excluding hydrogens is 757 g/mol. The summed E-state index contributed by atoms with van der Waals surface area (Å²) >= 11 is 0.261. The molecule has 0 radical (unpaired) electrons. The van der Waals surface area contributed by atoms with E-state index in [1.165, 1.54) is 22.1 Å². The maximum atomic E-state index is 12.8. The van der Waals surface area contributed by atoms with Gasteiger partial charge in [-0.05, 0) is 0 Å². The number of aliphatic imine (C=N–C) groups is 2. The van der Waals surface area contributed by atoms with Gasteiger partial charge in [0, 0.05) is 0 Å². The minimum absolute atomic E-state index is 0.0602. The van der Waals surface area contributed by atoms with E-state index in [9.17, 15) is 13.0 Å². The van der Waals surface area contributed by atoms with Gasteiger partial charge in [0.25, 0.3) is 0 Å². The van der Waals surface area contributed by atoms with Crippen molar-refractivity contribution in [1.82, 2.24) is 7.65 Å². The fourth-order valence-corrected chi connectivity index (χ4v) is 10.2. The van der Waals surface area contributed by atoms with Crippen molar-refractivity contribution in [3.63, 3.8) is 0 Å². The van der Waals surface area contributed by atoms with Crippen LogP contribution in [0.2, 0.25) is 0 Å². The molecule has 0 aliphatic carbocycles. The Morgan fingerprint density at radius 2 is 1.70 bits per heavy atom. The molecule has 0 amide bonds. The molecule has 8 bridgehead atoms. The van der Waals surface area contributed by atoms with Crippen LogP contribution < -0.4 is 16.0 Å². The van der Waals surface area contributed by atoms with Gasteiger partial charge in [0.2, 0.25) is 0 Å². The molecule has 2 unspecified atom stereocenters. The second kappa shape index (κ2) is 11.7. The quantitative estimate of drug-likeness (QED) is 0.264. The third-order valence-electron chi connectivity index (χ3n) is 10.3. The van der Waals surface area contributed by atoms with Crippen molar-refractivity contribution < 1.29 is 39.4 Å². The molecule has 2 N–H and O–H groups in total. The Balaban J connectivity index is 1.76. The Morgan fingerprint density at radius 1 is 0.955 bits per heavy atom. The number of fused-ring (bicyclic) bond motifs is 6. The summed E-state index contributed by atoms with van der Waals surface area (Å²) < 4.78 is 38.4. The van der Waals surface area contributed by atoms with Gasteiger partial charge >= 0.3 is 279 Å². The van der Waals surface area contributed by atoms with Crippen LogP contribution in [0.3, 0.4) is 0 Å². The standard InChI is InChI=1S/C35H41N4O3S.Hg/c1-7-20-13-22-15-23-14-21(8-2)30(37-23)19-32-35(11-5,12-6)28-17-24(43(40,41)42)16-27(34(28)39-32)33-26(10-4)25(9-3)31(38-33)18-29(20)36-22;/h13-19,26,33,38H,7-12H2,1-6H3,(H,40,41,42);/q-1;+1/b23-15-,29-18-,30-19-;. The van der Waals surface area contributed by atoms with E-state index < -0.39 is 15.5 Å². The minimum atomic E-state index is -4.45. The van der Waals surface area contributed by atoms with Gasteiger partial charge in [-0.15, -0.1) is 0 Å². The van der Waals surface area contributed by atoms with Gasteiger partial charge in [0.1, 0.15) is 0 Å². The van der Waals surface area contributed by atoms with Gasteiger partial charge in [-0.1, -0.05) is 0 Å². The summed E-state index contributed by atoms with van der Waals surface area (Å²) in [5, 5.41) is 6.16. The van der Waals surface area contributed by atoms with E-state index in [-0.39, 0.29) is 43.3 Å². The Hall–Kier alpha value is -2.55. The van der Waals surface area contributed by atoms with Crippen LogP contribution in [0.1, 0.15) is 96.4 Å². The van der Waals surface area contributed by atoms with E-state index in [1.54, 1.807) is 12.1 Å². The van der Waals surface area contributed by atoms with Crippen LogP contribution in [-0.4, -0.2) is 26.7 Å². The SMILES string of the molecule is CCC1=CC2=NC/1=C\C1=C(CC)C(CC)C(N1)c1cc(S(=O)(=O)O)cc3c1N=C(/C=c1/c(CC)c/c([n]1[Hg])=C/2)C3(CC)CC. The van der Waals surface area contributed by atoms with Crippen molar-refractivity contribution in [1.29, 1.82) is 0 Å². The van der Waals surface area contributed by atoms with Crippen molar-refractivity contribution in [3.05, 3.63) is 80.3 Å². The Morgan fingerprint density at radius 3 is 2.32 bits per heavy atom. The molecule has 9 heteroatoms. The number of hydrogen-bond donors (Lipinski definition) is 2. The molecule has 1 aromatic heterocycles. The summed E-state index contributed by atoms with van der Waals surface area (Å²) in [7, 11) is -4.45. The van der Waals surface area contributed by atoms with Crippen molar-refractivity contribution in [3.8, 4) is 0 Å². The number of benzene rings is 1. The number of aryl methyl sites for hydroxylation is 1. The first-order chi connectivity index (χ1) is 21.0. The first kappa shape index (κ1) is 31.4. The van der Waals surface area contributed by atoms with Crippen molar-refractivity contribution in [2.45, 2.75) is 96.4 Å². The summed E-state index contributed by atoms with van der Waals surface area (Å²) in [6.45, 7) is 13.0. The van der Waals surface area contributed by atoms with E-state index in [0.717, 1.165) is 83.5 Å². The Bertz CT molecular complexity index is 1960. The summed E-state index contributed by atoms with van der Waals surface area (Å²) in [6, 6.07) is 5.45. The van der Waals surface area contributed by atoms with Crippen LogP contribution in [0.5, 0.6) is 0 Å². The summed E-state index contributed by atoms with van der Waals surface area (Å²) in [5.41, 5.74) is 9.85. The van der Waals surface area contributed by atoms with E-state index in [0.29, 0.717) is 0 Å². The van der Waals surface area contributed by atoms with Gasteiger partial charge < -0.3 is 0 Å². The van der Waals surface area contributed by atoms with E-state index in [2.05, 4.69) is 79.6 Å². The number of allylic oxidation sites excluding steroid dienone is 3. The summed E-state index contributed by atoms with van der Waals surface area (Å²) in [6.07, 6.45) is 13.9. The summed E-state index contributed by atoms with van der Waals surface area (Å²) in [4.78, 5) is 10.5. The molecule has 2 aromatic rings. The van der Waals surface area contributed by atoms with E-state index in [4.69, 9.17) is 9.98 Å². The fourth-order valence-electron chi connectivity index (χ4n) is 7.77. The van der Waals surface area contributed by atoms with E-state index in [1.807, 2.05) is 0 Å². The van der Waals surface area contributed by atoms with Crippen LogP contribution in [0.4, 0.5) is 5.69 Å². The number of nitrogens with one attached hydrogen (secondary N) is 1. The van der Waals surface area contributed by atoms with Gasteiger partial charge in [-0.25, -0.2) is 0 Å². The molecule has 6 rings (SSSR count). The van der Waals surface area contributed by atoms with Crippen LogP contribution in [0.25, 0.3) is 12.2 Å². The zero-order valence-electron chi connectivity index (χ0n) is 26.7. The zero-order valence-corrected chi connectivity index (χ0v) is 33.0. The first-order valence-electron chi connectivity index (χ1n) is 16.0. The van der Waals surface area contributed by atoms with Crippen LogP contribution >= 0.6 is 0 Å². The fraction of sp³-hybridized carbons (Fsp3) is 0.429. The van der Waals surface area contributed by atoms with Crippen LogP contribution in [0.15, 0.2) is 67.8 Å². The third-order valence-corrected chi connectivity index (χ3v) is 13.9. The predicted octanol–water partition coefficient (Wildman–Crippen LogP) is 6.04. The van der Waals surface area contributed by atoms with Crippen molar-refractivity contribution in [2.24, 2.45) is 15.9 Å². The number of aromatic nitrogens is 1. The average molecular weight is 798 g/mol. The summed E-state index contributed by atoms with van der Waals surface area (Å²) in [5.74, 6) is 0.143. The average Bonchev–Trinajstić information content (AvgIpc) is 3.73. The molecule has 0 saturated heterocycles. The molecule has 44 heavy (non-hydrogen) atoms. The second-order valence-corrected chi connectivity index (χ2v) is 16.1. The molecule has 5 heterocycles. The number of nitrogens with zero attached hydrogens (tertiary/aromatic N) is 3. The zero-order chi connectivity index (χ0) is 31.6. The van der Waals surface area contributed by atoms with Crippen molar-refractivity contribution in [2.75, 3.05) is 0 Å². The van der Waals surface area contributed by atoms with Crippen molar-refractivity contribution >= 4 is 39.4 Å². The normalized spacial score (nSPS) is 24.5. The molecule has 7 nitrogen and oxygen atoms in total. The molecule has 1 aromatic carbocycles. The predicted molar refractivity (Wildman–Crippen MR) is 174 cm³/mol. The monoisotopic (exact) mass is 799 g/mol. The van der Waals surface area contributed by atoms with Gasteiger partial charge in [-0.2, -0.15) is 0 Å². The van der Waals surface area contributed by atoms with E-state index >= 15 is 0 Å². The second-order valence-electron chi connectivity index (χ2n) is 12.2. The van der Waals surface area contributed by atoms with Gasteiger partial charge in [0.05, 0.1) is 0 Å². The molecular formula is C35H41HgN4O3S. The van der Waals surface area contributed by atoms with Crippen LogP contribution in [0, 0.1) is 5.92 Å². The van der Waals surface area contributed by atoms with Crippen LogP contribution in [-0.2, 0) is 48.4 Å². The van der Waals surface area contributed by atoms with Gasteiger partial charge in [0.15, 0.2) is 0 Å². The molecule has 227 valence electrons. The molecule has 0 spiro atoms. The third kappa shape index (κ3) is 4.87. The molecule has 0 saturated carbocycles. The molecule has 2 atom stereocenters. The molecule has 4 aliphatic heterocycles. The maximum absolute atomic E-state index is 12.8. The Kier molecular flexibility index (Phi) is 8.33. The first-order valence-corrected chi connectivity index (χ1v) is 19.9. The molecule has 0 fully saturated rings.